The summed E-state index contributed by atoms with van der Waals surface area (Å²) in [5.74, 6) is 2.27. The summed E-state index contributed by atoms with van der Waals surface area (Å²) in [4.78, 5) is 4.82. The van der Waals surface area contributed by atoms with Crippen LogP contribution in [0.4, 0.5) is 0 Å². The van der Waals surface area contributed by atoms with Crippen molar-refractivity contribution in [1.29, 1.82) is 0 Å². The van der Waals surface area contributed by atoms with Gasteiger partial charge in [0.15, 0.2) is 11.3 Å². The Morgan fingerprint density at radius 2 is 1.58 bits per heavy atom. The maximum atomic E-state index is 6.72. The minimum Gasteiger partial charge on any atom is -0.453 e. The highest BCUT2D eigenvalue weighted by Crippen LogP contribution is 2.40. The molecule has 4 aromatic carbocycles. The molecule has 43 heavy (non-hydrogen) atoms. The number of nitrogens with zero attached hydrogens (tertiary/aromatic N) is 4. The molecule has 8 aromatic rings. The summed E-state index contributed by atoms with van der Waals surface area (Å²) in [5, 5.41) is 4.39. The zero-order valence-corrected chi connectivity index (χ0v) is 24.6. The van der Waals surface area contributed by atoms with Crippen LogP contribution in [0.1, 0.15) is 26.3 Å². The lowest BCUT2D eigenvalue weighted by molar-refractivity contribution is -0.670. The molecule has 0 spiro atoms. The average Bonchev–Trinajstić information content (AvgIpc) is 3.70. The molecule has 8 rings (SSSR count). The molecule has 0 radical (unpaired) electrons. The molecular formula is C37H31N4O2+. The second kappa shape index (κ2) is 9.33. The number of benzene rings is 4. The Morgan fingerprint density at radius 3 is 2.40 bits per heavy atom. The van der Waals surface area contributed by atoms with Gasteiger partial charge >= 0.3 is 0 Å². The van der Waals surface area contributed by atoms with Gasteiger partial charge in [0.2, 0.25) is 6.33 Å². The molecule has 0 aliphatic rings. The number of ether oxygens (including phenoxy) is 1. The second-order valence-electron chi connectivity index (χ2n) is 12.2. The number of pyridine rings is 1. The number of hydrogen-bond acceptors (Lipinski definition) is 3. The third-order valence-electron chi connectivity index (χ3n) is 8.21. The summed E-state index contributed by atoms with van der Waals surface area (Å²) >= 11 is 0. The van der Waals surface area contributed by atoms with Crippen LogP contribution in [0.3, 0.4) is 0 Å². The number of furan rings is 1. The monoisotopic (exact) mass is 563 g/mol. The summed E-state index contributed by atoms with van der Waals surface area (Å²) in [5.41, 5.74) is 5.93. The number of rotatable bonds is 4. The summed E-state index contributed by atoms with van der Waals surface area (Å²) < 4.78 is 19.4. The molecule has 0 aliphatic heterocycles. The first-order valence-electron chi connectivity index (χ1n) is 14.5. The van der Waals surface area contributed by atoms with Crippen molar-refractivity contribution in [3.05, 3.63) is 121 Å². The lowest BCUT2D eigenvalue weighted by Gasteiger charge is -2.20. The van der Waals surface area contributed by atoms with Crippen LogP contribution in [0.2, 0.25) is 0 Å². The third kappa shape index (κ3) is 4.17. The molecule has 0 N–H and O–H groups in total. The number of aromatic nitrogens is 4. The fourth-order valence-corrected chi connectivity index (χ4v) is 6.00. The molecule has 0 amide bonds. The smallest absolute Gasteiger partial charge is 0.248 e. The lowest BCUT2D eigenvalue weighted by Crippen LogP contribution is -2.23. The van der Waals surface area contributed by atoms with Crippen LogP contribution < -0.4 is 9.30 Å². The van der Waals surface area contributed by atoms with Crippen molar-refractivity contribution in [1.82, 2.24) is 14.1 Å². The third-order valence-corrected chi connectivity index (χ3v) is 8.21. The quantitative estimate of drug-likeness (QED) is 0.201. The largest absolute Gasteiger partial charge is 0.453 e. The van der Waals surface area contributed by atoms with Gasteiger partial charge in [0.1, 0.15) is 35.2 Å². The molecule has 0 unspecified atom stereocenters. The maximum Gasteiger partial charge on any atom is 0.248 e. The van der Waals surface area contributed by atoms with E-state index in [1.165, 1.54) is 10.9 Å². The van der Waals surface area contributed by atoms with Crippen LogP contribution in [0.25, 0.3) is 55.2 Å². The van der Waals surface area contributed by atoms with Gasteiger partial charge < -0.3 is 9.15 Å². The van der Waals surface area contributed by atoms with Gasteiger partial charge in [0.05, 0.1) is 18.1 Å². The van der Waals surface area contributed by atoms with Crippen LogP contribution >= 0.6 is 0 Å². The van der Waals surface area contributed by atoms with E-state index in [4.69, 9.17) is 14.1 Å². The number of hydrogen-bond donors (Lipinski definition) is 0. The van der Waals surface area contributed by atoms with Crippen molar-refractivity contribution in [3.8, 4) is 23.0 Å². The van der Waals surface area contributed by atoms with Crippen LogP contribution in [0, 0.1) is 0 Å². The van der Waals surface area contributed by atoms with Gasteiger partial charge in [-0.2, -0.15) is 0 Å². The van der Waals surface area contributed by atoms with Gasteiger partial charge in [-0.25, -0.2) is 14.1 Å². The Labute approximate surface area is 249 Å². The van der Waals surface area contributed by atoms with Crippen molar-refractivity contribution >= 4 is 43.7 Å². The van der Waals surface area contributed by atoms with Gasteiger partial charge in [-0.3, -0.25) is 4.57 Å². The summed E-state index contributed by atoms with van der Waals surface area (Å²) in [7, 11) is 2.01. The standard InChI is InChI=1S/C37H31N4O2/c1-37(2,3)24-15-16-38-35(19-24)41-31-11-7-5-9-27(31)28-14-13-26(22-32(28)41)42-34-21-25(40-18-17-39(4)23-40)20-30-29-10-6-8-12-33(29)43-36(30)34/h5-23H,1-4H3/q+1. The van der Waals surface area contributed by atoms with Gasteiger partial charge in [-0.15, -0.1) is 0 Å². The Kier molecular flexibility index (Phi) is 5.50. The number of para-hydroxylation sites is 2. The van der Waals surface area contributed by atoms with Crippen molar-refractivity contribution < 1.29 is 13.7 Å². The number of aryl methyl sites for hydroxylation is 1. The van der Waals surface area contributed by atoms with E-state index < -0.39 is 0 Å². The van der Waals surface area contributed by atoms with E-state index >= 15 is 0 Å². The molecule has 0 fully saturated rings. The molecule has 4 heterocycles. The fraction of sp³-hybridized carbons (Fsp3) is 0.135. The van der Waals surface area contributed by atoms with Crippen LogP contribution in [-0.4, -0.2) is 14.1 Å². The summed E-state index contributed by atoms with van der Waals surface area (Å²) in [6.07, 6.45) is 8.00. The maximum absolute atomic E-state index is 6.72. The number of imidazole rings is 1. The second-order valence-corrected chi connectivity index (χ2v) is 12.2. The fourth-order valence-electron chi connectivity index (χ4n) is 6.00. The first kappa shape index (κ1) is 25.4. The zero-order chi connectivity index (χ0) is 29.3. The molecule has 6 nitrogen and oxygen atoms in total. The van der Waals surface area contributed by atoms with Crippen molar-refractivity contribution in [2.75, 3.05) is 0 Å². The van der Waals surface area contributed by atoms with E-state index in [1.54, 1.807) is 0 Å². The van der Waals surface area contributed by atoms with Gasteiger partial charge in [-0.05, 0) is 53.4 Å². The number of fused-ring (bicyclic) bond motifs is 6. The van der Waals surface area contributed by atoms with Gasteiger partial charge in [-0.1, -0.05) is 57.2 Å². The highest BCUT2D eigenvalue weighted by Gasteiger charge is 2.20. The highest BCUT2D eigenvalue weighted by atomic mass is 16.5. The minimum atomic E-state index is 0.00442. The molecule has 0 saturated heterocycles. The van der Waals surface area contributed by atoms with E-state index in [9.17, 15) is 0 Å². The first-order chi connectivity index (χ1) is 20.8. The van der Waals surface area contributed by atoms with Crippen LogP contribution in [0.5, 0.6) is 11.5 Å². The first-order valence-corrected chi connectivity index (χ1v) is 14.5. The molecule has 6 heteroatoms. The predicted molar refractivity (Wildman–Crippen MR) is 172 cm³/mol. The average molecular weight is 564 g/mol. The Balaban J connectivity index is 1.33. The van der Waals surface area contributed by atoms with Gasteiger partial charge in [0.25, 0.3) is 0 Å². The topological polar surface area (TPSA) is 49.0 Å². The van der Waals surface area contributed by atoms with E-state index in [1.807, 2.05) is 66.9 Å². The molecule has 0 saturated carbocycles. The molecule has 4 aromatic heterocycles. The summed E-state index contributed by atoms with van der Waals surface area (Å²) in [6, 6.07) is 31.4. The zero-order valence-electron chi connectivity index (χ0n) is 24.6. The van der Waals surface area contributed by atoms with Crippen molar-refractivity contribution in [2.45, 2.75) is 26.2 Å². The van der Waals surface area contributed by atoms with Gasteiger partial charge in [0, 0.05) is 39.9 Å². The Morgan fingerprint density at radius 1 is 0.791 bits per heavy atom. The SMILES string of the molecule is C[n+]1ccn(-c2cc(Oc3ccc4c5ccccc5n(-c5cc(C(C)(C)C)ccn5)c4c3)c3oc4ccccc4c3c2)c1. The lowest BCUT2D eigenvalue weighted by atomic mass is 9.88. The Hall–Kier alpha value is -5.36. The highest BCUT2D eigenvalue weighted by molar-refractivity contribution is 6.10. The molecule has 0 aliphatic carbocycles. The van der Waals surface area contributed by atoms with E-state index in [2.05, 4.69) is 90.6 Å². The van der Waals surface area contributed by atoms with Crippen molar-refractivity contribution in [2.24, 2.45) is 7.05 Å². The summed E-state index contributed by atoms with van der Waals surface area (Å²) in [6.45, 7) is 6.68. The van der Waals surface area contributed by atoms with Crippen LogP contribution in [0.15, 0.2) is 120 Å². The van der Waals surface area contributed by atoms with E-state index in [0.29, 0.717) is 5.75 Å². The molecule has 210 valence electrons. The Bertz CT molecular complexity index is 2330. The molecule has 0 atom stereocenters. The van der Waals surface area contributed by atoms with Crippen molar-refractivity contribution in [3.63, 3.8) is 0 Å². The van der Waals surface area contributed by atoms with Crippen LogP contribution in [-0.2, 0) is 12.5 Å². The predicted octanol–water partition coefficient (Wildman–Crippen LogP) is 8.78. The van der Waals surface area contributed by atoms with E-state index in [-0.39, 0.29) is 5.41 Å². The molecular weight excluding hydrogens is 532 g/mol. The van der Waals surface area contributed by atoms with E-state index in [0.717, 1.165) is 55.6 Å². The molecule has 0 bridgehead atoms. The minimum absolute atomic E-state index is 0.00442. The normalized spacial score (nSPS) is 12.2.